The normalized spacial score (nSPS) is 20.2. The van der Waals surface area contributed by atoms with Crippen molar-refractivity contribution in [2.24, 2.45) is 5.41 Å². The lowest BCUT2D eigenvalue weighted by Gasteiger charge is -2.34. The Balaban J connectivity index is 1.98. The summed E-state index contributed by atoms with van der Waals surface area (Å²) in [5.41, 5.74) is 1.46. The van der Waals surface area contributed by atoms with Gasteiger partial charge in [0, 0.05) is 11.8 Å². The van der Waals surface area contributed by atoms with Gasteiger partial charge in [0.25, 0.3) is 0 Å². The molecule has 0 atom stereocenters. The molecule has 17 heavy (non-hydrogen) atoms. The lowest BCUT2D eigenvalue weighted by molar-refractivity contribution is 0.0942. The molecule has 2 rings (SSSR count). The van der Waals surface area contributed by atoms with Crippen molar-refractivity contribution in [3.05, 3.63) is 23.9 Å². The summed E-state index contributed by atoms with van der Waals surface area (Å²) in [4.78, 5) is 4.27. The van der Waals surface area contributed by atoms with E-state index in [2.05, 4.69) is 18.8 Å². The Morgan fingerprint density at radius 1 is 1.41 bits per heavy atom. The standard InChI is InChI=1S/C14H20ClNO/c1-14(2)7-5-12(6-8-14)17-13-11(10-15)4-3-9-16-13/h3-4,9,12H,5-8,10H2,1-2H3. The molecule has 0 saturated heterocycles. The van der Waals surface area contributed by atoms with Gasteiger partial charge < -0.3 is 4.74 Å². The number of halogens is 1. The molecule has 1 aliphatic carbocycles. The molecule has 1 aromatic heterocycles. The Hall–Kier alpha value is -0.760. The first-order valence-electron chi connectivity index (χ1n) is 6.27. The van der Waals surface area contributed by atoms with Gasteiger partial charge in [0.15, 0.2) is 0 Å². The Morgan fingerprint density at radius 2 is 2.12 bits per heavy atom. The highest BCUT2D eigenvalue weighted by molar-refractivity contribution is 6.17. The Labute approximate surface area is 108 Å². The quantitative estimate of drug-likeness (QED) is 0.755. The molecular weight excluding hydrogens is 234 g/mol. The van der Waals surface area contributed by atoms with Gasteiger partial charge in [0.2, 0.25) is 5.88 Å². The van der Waals surface area contributed by atoms with Crippen molar-refractivity contribution in [1.29, 1.82) is 0 Å². The zero-order valence-electron chi connectivity index (χ0n) is 10.6. The van der Waals surface area contributed by atoms with Crippen LogP contribution in [0.4, 0.5) is 0 Å². The van der Waals surface area contributed by atoms with Crippen LogP contribution < -0.4 is 4.74 Å². The van der Waals surface area contributed by atoms with Gasteiger partial charge in [-0.15, -0.1) is 11.6 Å². The van der Waals surface area contributed by atoms with Crippen LogP contribution >= 0.6 is 11.6 Å². The lowest BCUT2D eigenvalue weighted by Crippen LogP contribution is -2.28. The van der Waals surface area contributed by atoms with Gasteiger partial charge in [0.05, 0.1) is 5.88 Å². The topological polar surface area (TPSA) is 22.1 Å². The largest absolute Gasteiger partial charge is 0.474 e. The molecule has 94 valence electrons. The first kappa shape index (κ1) is 12.7. The smallest absolute Gasteiger partial charge is 0.218 e. The fraction of sp³-hybridized carbons (Fsp3) is 0.643. The number of aromatic nitrogens is 1. The summed E-state index contributed by atoms with van der Waals surface area (Å²) in [6.07, 6.45) is 6.75. The van der Waals surface area contributed by atoms with Crippen LogP contribution in [0.5, 0.6) is 5.88 Å². The van der Waals surface area contributed by atoms with Crippen LogP contribution in [0.15, 0.2) is 18.3 Å². The molecule has 1 aliphatic rings. The van der Waals surface area contributed by atoms with Crippen LogP contribution in [0.1, 0.15) is 45.1 Å². The highest BCUT2D eigenvalue weighted by Crippen LogP contribution is 2.36. The number of hydrogen-bond donors (Lipinski definition) is 0. The molecule has 0 radical (unpaired) electrons. The van der Waals surface area contributed by atoms with Crippen LogP contribution in [0.3, 0.4) is 0 Å². The van der Waals surface area contributed by atoms with Crippen molar-refractivity contribution >= 4 is 11.6 Å². The van der Waals surface area contributed by atoms with E-state index < -0.39 is 0 Å². The number of nitrogens with zero attached hydrogens (tertiary/aromatic N) is 1. The highest BCUT2D eigenvalue weighted by atomic mass is 35.5. The zero-order chi connectivity index (χ0) is 12.3. The van der Waals surface area contributed by atoms with E-state index in [1.807, 2.05) is 12.1 Å². The summed E-state index contributed by atoms with van der Waals surface area (Å²) < 4.78 is 5.98. The number of ether oxygens (including phenoxy) is 1. The van der Waals surface area contributed by atoms with Crippen molar-refractivity contribution in [2.45, 2.75) is 51.5 Å². The van der Waals surface area contributed by atoms with Crippen molar-refractivity contribution in [1.82, 2.24) is 4.98 Å². The molecule has 1 fully saturated rings. The highest BCUT2D eigenvalue weighted by Gasteiger charge is 2.28. The van der Waals surface area contributed by atoms with E-state index in [0.29, 0.717) is 23.3 Å². The first-order valence-corrected chi connectivity index (χ1v) is 6.81. The van der Waals surface area contributed by atoms with Gasteiger partial charge in [-0.25, -0.2) is 4.98 Å². The Morgan fingerprint density at radius 3 is 2.76 bits per heavy atom. The maximum absolute atomic E-state index is 5.98. The minimum absolute atomic E-state index is 0.305. The van der Waals surface area contributed by atoms with Gasteiger partial charge in [-0.2, -0.15) is 0 Å². The molecule has 0 amide bonds. The molecule has 1 heterocycles. The van der Waals surface area contributed by atoms with Crippen LogP contribution in [-0.2, 0) is 5.88 Å². The average Bonchev–Trinajstić information content (AvgIpc) is 2.32. The number of hydrogen-bond acceptors (Lipinski definition) is 2. The van der Waals surface area contributed by atoms with E-state index in [4.69, 9.17) is 16.3 Å². The second-order valence-electron chi connectivity index (χ2n) is 5.58. The van der Waals surface area contributed by atoms with Crippen LogP contribution in [-0.4, -0.2) is 11.1 Å². The summed E-state index contributed by atoms with van der Waals surface area (Å²) >= 11 is 5.88. The molecule has 0 spiro atoms. The molecule has 0 unspecified atom stereocenters. The maximum Gasteiger partial charge on any atom is 0.218 e. The monoisotopic (exact) mass is 253 g/mol. The lowest BCUT2D eigenvalue weighted by atomic mass is 9.76. The van der Waals surface area contributed by atoms with Gasteiger partial charge in [-0.3, -0.25) is 0 Å². The first-order chi connectivity index (χ1) is 8.11. The summed E-state index contributed by atoms with van der Waals surface area (Å²) in [7, 11) is 0. The van der Waals surface area contributed by atoms with Gasteiger partial charge in [0.1, 0.15) is 6.10 Å². The zero-order valence-corrected chi connectivity index (χ0v) is 11.3. The van der Waals surface area contributed by atoms with Crippen molar-refractivity contribution in [3.63, 3.8) is 0 Å². The number of pyridine rings is 1. The molecule has 3 heteroatoms. The van der Waals surface area contributed by atoms with E-state index in [1.165, 1.54) is 12.8 Å². The molecule has 2 nitrogen and oxygen atoms in total. The second kappa shape index (κ2) is 5.26. The molecular formula is C14H20ClNO. The number of rotatable bonds is 3. The Kier molecular flexibility index (Phi) is 3.93. The van der Waals surface area contributed by atoms with Crippen LogP contribution in [0.2, 0.25) is 0 Å². The minimum Gasteiger partial charge on any atom is -0.474 e. The van der Waals surface area contributed by atoms with E-state index >= 15 is 0 Å². The predicted octanol–water partition coefficient (Wildman–Crippen LogP) is 4.17. The molecule has 0 bridgehead atoms. The van der Waals surface area contributed by atoms with Crippen LogP contribution in [0.25, 0.3) is 0 Å². The van der Waals surface area contributed by atoms with E-state index in [0.717, 1.165) is 18.4 Å². The van der Waals surface area contributed by atoms with E-state index in [9.17, 15) is 0 Å². The number of alkyl halides is 1. The molecule has 1 aromatic rings. The summed E-state index contributed by atoms with van der Waals surface area (Å²) in [6.45, 7) is 4.66. The van der Waals surface area contributed by atoms with Crippen molar-refractivity contribution in [2.75, 3.05) is 0 Å². The third kappa shape index (κ3) is 3.35. The predicted molar refractivity (Wildman–Crippen MR) is 70.5 cm³/mol. The SMILES string of the molecule is CC1(C)CCC(Oc2ncccc2CCl)CC1. The van der Waals surface area contributed by atoms with Gasteiger partial charge in [-0.05, 0) is 37.2 Å². The molecule has 1 saturated carbocycles. The van der Waals surface area contributed by atoms with E-state index in [-0.39, 0.29) is 0 Å². The second-order valence-corrected chi connectivity index (χ2v) is 5.85. The Bertz CT molecular complexity index is 368. The van der Waals surface area contributed by atoms with E-state index in [1.54, 1.807) is 6.20 Å². The maximum atomic E-state index is 5.98. The fourth-order valence-corrected chi connectivity index (χ4v) is 2.48. The van der Waals surface area contributed by atoms with Crippen molar-refractivity contribution < 1.29 is 4.74 Å². The minimum atomic E-state index is 0.305. The third-order valence-corrected chi connectivity index (χ3v) is 3.85. The third-order valence-electron chi connectivity index (χ3n) is 3.56. The van der Waals surface area contributed by atoms with Crippen molar-refractivity contribution in [3.8, 4) is 5.88 Å². The van der Waals surface area contributed by atoms with Gasteiger partial charge in [-0.1, -0.05) is 19.9 Å². The summed E-state index contributed by atoms with van der Waals surface area (Å²) in [5, 5.41) is 0. The van der Waals surface area contributed by atoms with Gasteiger partial charge >= 0.3 is 0 Å². The molecule has 0 N–H and O–H groups in total. The fourth-order valence-electron chi connectivity index (χ4n) is 2.28. The average molecular weight is 254 g/mol. The molecule has 0 aliphatic heterocycles. The van der Waals surface area contributed by atoms with Crippen LogP contribution in [0, 0.1) is 5.41 Å². The summed E-state index contributed by atoms with van der Waals surface area (Å²) in [6, 6.07) is 3.87. The summed E-state index contributed by atoms with van der Waals surface area (Å²) in [5.74, 6) is 1.17. The molecule has 0 aromatic carbocycles.